The molecule has 6 nitrogen and oxygen atoms in total. The van der Waals surface area contributed by atoms with Gasteiger partial charge in [-0.05, 0) is 11.5 Å². The zero-order valence-corrected chi connectivity index (χ0v) is 11.5. The minimum atomic E-state index is -0.814. The van der Waals surface area contributed by atoms with Crippen LogP contribution in [-0.4, -0.2) is 64.1 Å². The van der Waals surface area contributed by atoms with Crippen molar-refractivity contribution in [3.63, 3.8) is 0 Å². The normalized spacial score (nSPS) is 8.56. The molecule has 0 fully saturated rings. The molecule has 0 aliphatic rings. The maximum Gasteiger partial charge on any atom is 0.354 e. The van der Waals surface area contributed by atoms with Crippen molar-refractivity contribution in [2.45, 2.75) is 0 Å². The zero-order chi connectivity index (χ0) is 14.3. The first-order valence-electron chi connectivity index (χ1n) is 5.12. The predicted molar refractivity (Wildman–Crippen MR) is 65.5 cm³/mol. The summed E-state index contributed by atoms with van der Waals surface area (Å²) in [5.41, 5.74) is 4.88. The first-order chi connectivity index (χ1) is 8.34. The van der Waals surface area contributed by atoms with E-state index in [1.54, 1.807) is 38.0 Å². The van der Waals surface area contributed by atoms with Gasteiger partial charge < -0.3 is 19.3 Å². The monoisotopic (exact) mass is 254 g/mol. The number of carbonyl (C=O) groups is 2. The molecule has 100 valence electrons. The van der Waals surface area contributed by atoms with Crippen LogP contribution in [0.5, 0.6) is 0 Å². The number of ether oxygens (including phenoxy) is 2. The number of rotatable bonds is 4. The third kappa shape index (κ3) is 4.37. The van der Waals surface area contributed by atoms with E-state index in [0.717, 1.165) is 0 Å². The summed E-state index contributed by atoms with van der Waals surface area (Å²) in [5.74, 6) is -0.988. The van der Waals surface area contributed by atoms with Gasteiger partial charge in [-0.1, -0.05) is 0 Å². The molecule has 0 aromatic heterocycles. The Morgan fingerprint density at radius 1 is 0.833 bits per heavy atom. The van der Waals surface area contributed by atoms with Gasteiger partial charge >= 0.3 is 11.9 Å². The molecule has 6 heteroatoms. The van der Waals surface area contributed by atoms with Crippen molar-refractivity contribution < 1.29 is 19.1 Å². The fraction of sp³-hybridized carbons (Fsp3) is 0.500. The molecule has 0 aromatic rings. The lowest BCUT2D eigenvalue weighted by molar-refractivity contribution is -0.144. The van der Waals surface area contributed by atoms with Crippen molar-refractivity contribution in [2.75, 3.05) is 42.4 Å². The van der Waals surface area contributed by atoms with Crippen LogP contribution in [0.25, 0.3) is 0 Å². The van der Waals surface area contributed by atoms with Crippen molar-refractivity contribution >= 4 is 11.9 Å². The molecule has 0 saturated carbocycles. The van der Waals surface area contributed by atoms with Gasteiger partial charge in [0.25, 0.3) is 0 Å². The van der Waals surface area contributed by atoms with Crippen molar-refractivity contribution in [3.05, 3.63) is 22.9 Å². The Morgan fingerprint density at radius 3 is 1.50 bits per heavy atom. The maximum absolute atomic E-state index is 11.4. The average Bonchev–Trinajstić information content (AvgIpc) is 2.31. The average molecular weight is 254 g/mol. The molecule has 0 heterocycles. The summed E-state index contributed by atoms with van der Waals surface area (Å²) in [4.78, 5) is 26.3. The number of nitrogens with zero attached hydrogens (tertiary/aromatic N) is 2. The molecule has 0 radical (unpaired) electrons. The summed E-state index contributed by atoms with van der Waals surface area (Å²) in [6.07, 6.45) is 0. The van der Waals surface area contributed by atoms with Gasteiger partial charge in [0.15, 0.2) is 11.4 Å². The molecular formula is C12H18N2O4. The summed E-state index contributed by atoms with van der Waals surface area (Å²) in [7, 11) is 9.57. The molecule has 0 aliphatic carbocycles. The molecule has 0 unspecified atom stereocenters. The summed E-state index contributed by atoms with van der Waals surface area (Å²) >= 11 is 0. The van der Waals surface area contributed by atoms with Crippen LogP contribution < -0.4 is 0 Å². The van der Waals surface area contributed by atoms with E-state index in [0.29, 0.717) is 5.82 Å². The SMILES string of the molecule is COC(=O)C(=C=C=C(N(C)C)N(C)C)C(=O)OC. The molecule has 0 spiro atoms. The Balaban J connectivity index is 5.85. The highest BCUT2D eigenvalue weighted by Gasteiger charge is 2.19. The standard InChI is InChI=1S/C12H18N2O4/c1-13(2)10(14(3)4)8-7-9(11(15)17-5)12(16)18-6/h1-6H3. The molecule has 0 amide bonds. The van der Waals surface area contributed by atoms with Crippen LogP contribution in [0.3, 0.4) is 0 Å². The van der Waals surface area contributed by atoms with Crippen LogP contribution in [0, 0.1) is 0 Å². The van der Waals surface area contributed by atoms with Crippen LogP contribution in [0.1, 0.15) is 0 Å². The molecule has 0 aliphatic heterocycles. The molecule has 0 bridgehead atoms. The van der Waals surface area contributed by atoms with Gasteiger partial charge in [-0.2, -0.15) is 0 Å². The quantitative estimate of drug-likeness (QED) is 0.231. The van der Waals surface area contributed by atoms with E-state index < -0.39 is 11.9 Å². The van der Waals surface area contributed by atoms with E-state index in [1.807, 2.05) is 0 Å². The number of esters is 2. The smallest absolute Gasteiger partial charge is 0.354 e. The fourth-order valence-electron chi connectivity index (χ4n) is 1.13. The lowest BCUT2D eigenvalue weighted by atomic mass is 10.3. The van der Waals surface area contributed by atoms with Gasteiger partial charge in [0.1, 0.15) is 0 Å². The van der Waals surface area contributed by atoms with E-state index in [2.05, 4.69) is 20.9 Å². The summed E-state index contributed by atoms with van der Waals surface area (Å²) in [6.45, 7) is 0. The van der Waals surface area contributed by atoms with Gasteiger partial charge in [-0.25, -0.2) is 9.59 Å². The number of carbonyl (C=O) groups excluding carboxylic acids is 2. The van der Waals surface area contributed by atoms with Gasteiger partial charge in [0.2, 0.25) is 0 Å². The lowest BCUT2D eigenvalue weighted by Gasteiger charge is -2.21. The number of methoxy groups -OCH3 is 2. The summed E-state index contributed by atoms with van der Waals surface area (Å²) in [6, 6.07) is 0. The van der Waals surface area contributed by atoms with E-state index in [9.17, 15) is 9.59 Å². The Morgan fingerprint density at radius 2 is 1.22 bits per heavy atom. The highest BCUT2D eigenvalue weighted by Crippen LogP contribution is 2.01. The van der Waals surface area contributed by atoms with Gasteiger partial charge in [0, 0.05) is 28.2 Å². The molecule has 0 saturated heterocycles. The topological polar surface area (TPSA) is 59.1 Å². The zero-order valence-electron chi connectivity index (χ0n) is 11.5. The highest BCUT2D eigenvalue weighted by atomic mass is 16.5. The van der Waals surface area contributed by atoms with Crippen LogP contribution in [0.4, 0.5) is 0 Å². The minimum Gasteiger partial charge on any atom is -0.465 e. The largest absolute Gasteiger partial charge is 0.465 e. The minimum absolute atomic E-state index is 0.332. The van der Waals surface area contributed by atoms with Crippen molar-refractivity contribution in [1.29, 1.82) is 0 Å². The summed E-state index contributed by atoms with van der Waals surface area (Å²) < 4.78 is 8.95. The second-order valence-corrected chi connectivity index (χ2v) is 3.72. The fourth-order valence-corrected chi connectivity index (χ4v) is 1.13. The Kier molecular flexibility index (Phi) is 6.35. The highest BCUT2D eigenvalue weighted by molar-refractivity contribution is 6.13. The second kappa shape index (κ2) is 7.22. The van der Waals surface area contributed by atoms with Crippen molar-refractivity contribution in [1.82, 2.24) is 9.80 Å². The molecule has 0 aromatic carbocycles. The van der Waals surface area contributed by atoms with Crippen LogP contribution in [0.15, 0.2) is 22.9 Å². The van der Waals surface area contributed by atoms with Gasteiger partial charge in [0.05, 0.1) is 14.2 Å². The lowest BCUT2D eigenvalue weighted by Crippen LogP contribution is -2.23. The van der Waals surface area contributed by atoms with Gasteiger partial charge in [-0.15, -0.1) is 0 Å². The molecule has 0 atom stereocenters. The van der Waals surface area contributed by atoms with Gasteiger partial charge in [-0.3, -0.25) is 0 Å². The molecule has 0 rings (SSSR count). The van der Waals surface area contributed by atoms with Crippen LogP contribution in [-0.2, 0) is 19.1 Å². The van der Waals surface area contributed by atoms with Crippen LogP contribution >= 0.6 is 0 Å². The molecule has 18 heavy (non-hydrogen) atoms. The predicted octanol–water partition coefficient (Wildman–Crippen LogP) is -0.0226. The Hall–Kier alpha value is -2.16. The van der Waals surface area contributed by atoms with E-state index in [4.69, 9.17) is 0 Å². The Labute approximate surface area is 107 Å². The third-order valence-corrected chi connectivity index (χ3v) is 1.93. The van der Waals surface area contributed by atoms with Crippen molar-refractivity contribution in [3.8, 4) is 0 Å². The molecule has 0 N–H and O–H groups in total. The van der Waals surface area contributed by atoms with Crippen LogP contribution in [0.2, 0.25) is 0 Å². The van der Waals surface area contributed by atoms with E-state index in [-0.39, 0.29) is 5.57 Å². The second-order valence-electron chi connectivity index (χ2n) is 3.72. The van der Waals surface area contributed by atoms with Crippen molar-refractivity contribution in [2.24, 2.45) is 0 Å². The van der Waals surface area contributed by atoms with E-state index >= 15 is 0 Å². The molecular weight excluding hydrogens is 236 g/mol. The van der Waals surface area contributed by atoms with E-state index in [1.165, 1.54) is 14.2 Å². The summed E-state index contributed by atoms with van der Waals surface area (Å²) in [5, 5.41) is 0. The first kappa shape index (κ1) is 15.8. The number of hydrogen-bond acceptors (Lipinski definition) is 6. The first-order valence-corrected chi connectivity index (χ1v) is 5.12. The Bertz CT molecular complexity index is 397. The third-order valence-electron chi connectivity index (χ3n) is 1.93. The number of hydrogen-bond donors (Lipinski definition) is 0. The maximum atomic E-state index is 11.4.